The fraction of sp³-hybridized carbons (Fsp3) is 0.500. The molecule has 1 atom stereocenters. The summed E-state index contributed by atoms with van der Waals surface area (Å²) in [5.74, 6) is 3.34. The van der Waals surface area contributed by atoms with Crippen LogP contribution in [0.5, 0.6) is 0 Å². The van der Waals surface area contributed by atoms with E-state index < -0.39 is 0 Å². The van der Waals surface area contributed by atoms with Gasteiger partial charge in [-0.2, -0.15) is 11.8 Å². The highest BCUT2D eigenvalue weighted by atomic mass is 32.2. The Morgan fingerprint density at radius 3 is 2.31 bits per heavy atom. The van der Waals surface area contributed by atoms with Crippen molar-refractivity contribution in [2.45, 2.75) is 13.0 Å². The second kappa shape index (κ2) is 8.37. The molecule has 1 aromatic heterocycles. The van der Waals surface area contributed by atoms with Gasteiger partial charge in [0.15, 0.2) is 5.82 Å². The number of hydrogen-bond acceptors (Lipinski definition) is 6. The summed E-state index contributed by atoms with van der Waals surface area (Å²) >= 11 is 2.01. The van der Waals surface area contributed by atoms with E-state index in [2.05, 4.69) is 63.3 Å². The lowest BCUT2D eigenvalue weighted by Crippen LogP contribution is -2.37. The topological polar surface area (TPSA) is 41.5 Å². The van der Waals surface area contributed by atoms with Gasteiger partial charge >= 0.3 is 0 Å². The summed E-state index contributed by atoms with van der Waals surface area (Å²) < 4.78 is 5.45. The highest BCUT2D eigenvalue weighted by Gasteiger charge is 2.18. The van der Waals surface area contributed by atoms with Crippen molar-refractivity contribution >= 4 is 17.6 Å². The summed E-state index contributed by atoms with van der Waals surface area (Å²) in [6, 6.07) is 13.4. The molecule has 2 aromatic rings. The first-order valence-electron chi connectivity index (χ1n) is 9.40. The molecular formula is C20H26N4OS. The zero-order chi connectivity index (χ0) is 17.8. The molecule has 2 saturated heterocycles. The molecule has 0 radical (unpaired) electrons. The molecule has 3 heterocycles. The van der Waals surface area contributed by atoms with Gasteiger partial charge in [-0.15, -0.1) is 10.2 Å². The van der Waals surface area contributed by atoms with Crippen molar-refractivity contribution in [2.75, 3.05) is 55.8 Å². The maximum absolute atomic E-state index is 5.45. The third kappa shape index (κ3) is 4.03. The van der Waals surface area contributed by atoms with E-state index in [9.17, 15) is 0 Å². The van der Waals surface area contributed by atoms with Crippen molar-refractivity contribution < 1.29 is 4.74 Å². The van der Waals surface area contributed by atoms with Gasteiger partial charge in [0.25, 0.3) is 0 Å². The van der Waals surface area contributed by atoms with Crippen LogP contribution in [0.4, 0.5) is 5.82 Å². The molecule has 6 heteroatoms. The smallest absolute Gasteiger partial charge is 0.151 e. The van der Waals surface area contributed by atoms with Crippen molar-refractivity contribution in [3.8, 4) is 11.3 Å². The van der Waals surface area contributed by atoms with Gasteiger partial charge in [0.1, 0.15) is 0 Å². The quantitative estimate of drug-likeness (QED) is 0.824. The molecule has 4 rings (SSSR count). The van der Waals surface area contributed by atoms with E-state index in [1.807, 2.05) is 11.8 Å². The van der Waals surface area contributed by atoms with Crippen LogP contribution in [-0.4, -0.2) is 66.0 Å². The summed E-state index contributed by atoms with van der Waals surface area (Å²) in [5.41, 5.74) is 3.40. The van der Waals surface area contributed by atoms with Gasteiger partial charge < -0.3 is 9.64 Å². The minimum Gasteiger partial charge on any atom is -0.379 e. The molecule has 0 amide bonds. The van der Waals surface area contributed by atoms with Gasteiger partial charge in [-0.25, -0.2) is 0 Å². The SMILES string of the molecule is C[C@H](c1ccc(-c2ccc(N3CCSCC3)nn2)cc1)N1CCOCC1. The first-order valence-corrected chi connectivity index (χ1v) is 10.6. The number of anilines is 1. The molecule has 2 fully saturated rings. The van der Waals surface area contributed by atoms with Crippen molar-refractivity contribution in [3.05, 3.63) is 42.0 Å². The Hall–Kier alpha value is -1.63. The molecule has 26 heavy (non-hydrogen) atoms. The highest BCUT2D eigenvalue weighted by molar-refractivity contribution is 7.99. The third-order valence-electron chi connectivity index (χ3n) is 5.27. The third-order valence-corrected chi connectivity index (χ3v) is 6.21. The molecule has 0 spiro atoms. The van der Waals surface area contributed by atoms with Crippen LogP contribution in [-0.2, 0) is 4.74 Å². The molecule has 1 aromatic carbocycles. The van der Waals surface area contributed by atoms with E-state index >= 15 is 0 Å². The Morgan fingerprint density at radius 1 is 0.923 bits per heavy atom. The number of thioether (sulfide) groups is 1. The minimum absolute atomic E-state index is 0.415. The fourth-order valence-corrected chi connectivity index (χ4v) is 4.45. The summed E-state index contributed by atoms with van der Waals surface area (Å²) in [7, 11) is 0. The Kier molecular flexibility index (Phi) is 5.72. The van der Waals surface area contributed by atoms with E-state index in [1.165, 1.54) is 17.1 Å². The van der Waals surface area contributed by atoms with Crippen LogP contribution in [0.15, 0.2) is 36.4 Å². The Labute approximate surface area is 159 Å². The largest absolute Gasteiger partial charge is 0.379 e. The van der Waals surface area contributed by atoms with E-state index in [-0.39, 0.29) is 0 Å². The van der Waals surface area contributed by atoms with Crippen molar-refractivity contribution in [1.29, 1.82) is 0 Å². The number of aromatic nitrogens is 2. The summed E-state index contributed by atoms with van der Waals surface area (Å²) in [6.45, 7) is 8.07. The van der Waals surface area contributed by atoms with Crippen LogP contribution in [0.3, 0.4) is 0 Å². The zero-order valence-corrected chi connectivity index (χ0v) is 16.1. The molecule has 0 aliphatic carbocycles. The number of nitrogens with zero attached hydrogens (tertiary/aromatic N) is 4. The average molecular weight is 371 g/mol. The highest BCUT2D eigenvalue weighted by Crippen LogP contribution is 2.25. The summed E-state index contributed by atoms with van der Waals surface area (Å²) in [4.78, 5) is 4.80. The monoisotopic (exact) mass is 370 g/mol. The first kappa shape index (κ1) is 17.8. The average Bonchev–Trinajstić information content (AvgIpc) is 2.75. The van der Waals surface area contributed by atoms with E-state index in [0.717, 1.165) is 56.5 Å². The number of benzene rings is 1. The minimum atomic E-state index is 0.415. The van der Waals surface area contributed by atoms with Crippen molar-refractivity contribution in [3.63, 3.8) is 0 Å². The predicted octanol–water partition coefficient (Wildman–Crippen LogP) is 3.09. The van der Waals surface area contributed by atoms with Crippen molar-refractivity contribution in [1.82, 2.24) is 15.1 Å². The predicted molar refractivity (Wildman–Crippen MR) is 108 cm³/mol. The van der Waals surface area contributed by atoms with Gasteiger partial charge in [0, 0.05) is 49.3 Å². The lowest BCUT2D eigenvalue weighted by molar-refractivity contribution is 0.0198. The summed E-state index contributed by atoms with van der Waals surface area (Å²) in [5, 5.41) is 8.92. The number of morpholine rings is 1. The van der Waals surface area contributed by atoms with Crippen LogP contribution in [0, 0.1) is 0 Å². The van der Waals surface area contributed by atoms with Crippen molar-refractivity contribution in [2.24, 2.45) is 0 Å². The van der Waals surface area contributed by atoms with Crippen LogP contribution in [0.25, 0.3) is 11.3 Å². The molecule has 0 N–H and O–H groups in total. The maximum Gasteiger partial charge on any atom is 0.151 e. The normalized spacial score (nSPS) is 20.1. The van der Waals surface area contributed by atoms with Gasteiger partial charge in [-0.05, 0) is 24.6 Å². The van der Waals surface area contributed by atoms with E-state index in [4.69, 9.17) is 4.74 Å². The van der Waals surface area contributed by atoms with Crippen LogP contribution < -0.4 is 4.90 Å². The Morgan fingerprint density at radius 2 is 1.65 bits per heavy atom. The molecule has 2 aliphatic heterocycles. The van der Waals surface area contributed by atoms with E-state index in [0.29, 0.717) is 6.04 Å². The fourth-order valence-electron chi connectivity index (χ4n) is 3.55. The zero-order valence-electron chi connectivity index (χ0n) is 15.3. The first-order chi connectivity index (χ1) is 12.8. The van der Waals surface area contributed by atoms with Crippen LogP contribution in [0.1, 0.15) is 18.5 Å². The molecule has 0 bridgehead atoms. The maximum atomic E-state index is 5.45. The van der Waals surface area contributed by atoms with Gasteiger partial charge in [-0.1, -0.05) is 24.3 Å². The Bertz CT molecular complexity index is 695. The second-order valence-electron chi connectivity index (χ2n) is 6.82. The molecule has 2 aliphatic rings. The van der Waals surface area contributed by atoms with Gasteiger partial charge in [0.05, 0.1) is 18.9 Å². The number of rotatable bonds is 4. The Balaban J connectivity index is 1.44. The second-order valence-corrected chi connectivity index (χ2v) is 8.05. The summed E-state index contributed by atoms with van der Waals surface area (Å²) in [6.07, 6.45) is 0. The van der Waals surface area contributed by atoms with Gasteiger partial charge in [-0.3, -0.25) is 4.90 Å². The number of hydrogen-bond donors (Lipinski definition) is 0. The molecular weight excluding hydrogens is 344 g/mol. The number of ether oxygens (including phenoxy) is 1. The lowest BCUT2D eigenvalue weighted by atomic mass is 10.0. The molecule has 5 nitrogen and oxygen atoms in total. The standard InChI is InChI=1S/C20H26N4OS/c1-16(23-8-12-25-13-9-23)17-2-4-18(5-3-17)19-6-7-20(22-21-19)24-10-14-26-15-11-24/h2-7,16H,8-15H2,1H3/t16-/m1/s1. The van der Waals surface area contributed by atoms with Crippen LogP contribution >= 0.6 is 11.8 Å². The van der Waals surface area contributed by atoms with E-state index in [1.54, 1.807) is 0 Å². The molecule has 0 saturated carbocycles. The van der Waals surface area contributed by atoms with Crippen LogP contribution in [0.2, 0.25) is 0 Å². The molecule has 138 valence electrons. The molecule has 0 unspecified atom stereocenters. The lowest BCUT2D eigenvalue weighted by Gasteiger charge is -2.32. The van der Waals surface area contributed by atoms with Gasteiger partial charge in [0.2, 0.25) is 0 Å².